The summed E-state index contributed by atoms with van der Waals surface area (Å²) in [6.07, 6.45) is 1.34. The average Bonchev–Trinajstić information content (AvgIpc) is 2.98. The molecule has 1 aliphatic rings. The molecule has 1 saturated heterocycles. The fraction of sp³-hybridized carbons (Fsp3) is 0.417. The number of nitro groups is 1. The van der Waals surface area contributed by atoms with Gasteiger partial charge in [0.1, 0.15) is 0 Å². The summed E-state index contributed by atoms with van der Waals surface area (Å²) in [5.74, 6) is 0.0463. The highest BCUT2D eigenvalue weighted by molar-refractivity contribution is 5.64. The smallest absolute Gasteiger partial charge is 0.372 e. The number of β-amino-alcohol motifs (C(OH)–C–C–N with tert-alkyl or cyclic N) is 1. The van der Waals surface area contributed by atoms with Crippen molar-refractivity contribution in [3.63, 3.8) is 0 Å². The van der Waals surface area contributed by atoms with E-state index in [2.05, 4.69) is 4.98 Å². The molecule has 1 aliphatic heterocycles. The zero-order valence-corrected chi connectivity index (χ0v) is 10.6. The molecule has 8 heteroatoms. The topological polar surface area (TPSA) is 104 Å². The molecule has 2 atom stereocenters. The van der Waals surface area contributed by atoms with E-state index >= 15 is 0 Å². The van der Waals surface area contributed by atoms with Gasteiger partial charge >= 0.3 is 5.82 Å². The third-order valence-corrected chi connectivity index (χ3v) is 3.54. The first kappa shape index (κ1) is 12.8. The van der Waals surface area contributed by atoms with Gasteiger partial charge in [-0.15, -0.1) is 0 Å². The summed E-state index contributed by atoms with van der Waals surface area (Å²) < 4.78 is 1.40. The molecule has 20 heavy (non-hydrogen) atoms. The van der Waals surface area contributed by atoms with Crippen LogP contribution in [0, 0.1) is 10.1 Å². The molecule has 0 unspecified atom stereocenters. The van der Waals surface area contributed by atoms with Crippen molar-refractivity contribution in [3.05, 3.63) is 34.5 Å². The second-order valence-corrected chi connectivity index (χ2v) is 4.82. The number of imidazole rings is 1. The SMILES string of the molecule is O=[N+]([O-])c1c(N2C[C@H](O)C[C@H]2CO)nc2ccccn12. The number of aliphatic hydroxyl groups excluding tert-OH is 2. The molecule has 0 spiro atoms. The van der Waals surface area contributed by atoms with E-state index in [9.17, 15) is 20.3 Å². The number of aliphatic hydroxyl groups is 2. The van der Waals surface area contributed by atoms with Crippen LogP contribution in [0.4, 0.5) is 11.6 Å². The molecule has 3 heterocycles. The van der Waals surface area contributed by atoms with Crippen molar-refractivity contribution in [2.24, 2.45) is 0 Å². The van der Waals surface area contributed by atoms with Crippen LogP contribution in [0.25, 0.3) is 5.65 Å². The zero-order chi connectivity index (χ0) is 14.3. The van der Waals surface area contributed by atoms with Crippen molar-refractivity contribution >= 4 is 17.3 Å². The summed E-state index contributed by atoms with van der Waals surface area (Å²) in [6, 6.07) is 4.76. The highest BCUT2D eigenvalue weighted by atomic mass is 16.6. The quantitative estimate of drug-likeness (QED) is 0.613. The monoisotopic (exact) mass is 278 g/mol. The lowest BCUT2D eigenvalue weighted by molar-refractivity contribution is -0.389. The van der Waals surface area contributed by atoms with Crippen molar-refractivity contribution in [2.75, 3.05) is 18.1 Å². The zero-order valence-electron chi connectivity index (χ0n) is 10.6. The molecule has 2 aromatic heterocycles. The Morgan fingerprint density at radius 1 is 1.50 bits per heavy atom. The molecular formula is C12H14N4O4. The fourth-order valence-electron chi connectivity index (χ4n) is 2.66. The maximum Gasteiger partial charge on any atom is 0.372 e. The standard InChI is InChI=1S/C12H14N4O4/c17-7-8-5-9(18)6-15(8)11-12(16(19)20)14-4-2-1-3-10(14)13-11/h1-4,8-9,17-18H,5-7H2/t8-,9+/m0/s1. The van der Waals surface area contributed by atoms with Crippen LogP contribution in [0.2, 0.25) is 0 Å². The van der Waals surface area contributed by atoms with E-state index in [1.165, 1.54) is 4.40 Å². The maximum atomic E-state index is 11.3. The molecule has 0 amide bonds. The predicted octanol–water partition coefficient (Wildman–Crippen LogP) is 0.174. The molecule has 8 nitrogen and oxygen atoms in total. The Morgan fingerprint density at radius 2 is 2.30 bits per heavy atom. The van der Waals surface area contributed by atoms with Gasteiger partial charge in [-0.1, -0.05) is 6.07 Å². The first-order valence-electron chi connectivity index (χ1n) is 6.29. The Bertz CT molecular complexity index is 656. The summed E-state index contributed by atoms with van der Waals surface area (Å²) in [4.78, 5) is 16.7. The minimum absolute atomic E-state index is 0.145. The van der Waals surface area contributed by atoms with E-state index in [-0.39, 0.29) is 30.8 Å². The Hall–Kier alpha value is -2.19. The lowest BCUT2D eigenvalue weighted by Gasteiger charge is -2.21. The van der Waals surface area contributed by atoms with E-state index in [1.54, 1.807) is 29.3 Å². The molecule has 2 aromatic rings. The molecular weight excluding hydrogens is 264 g/mol. The molecule has 2 N–H and O–H groups in total. The first-order valence-corrected chi connectivity index (χ1v) is 6.29. The van der Waals surface area contributed by atoms with E-state index in [4.69, 9.17) is 0 Å². The number of aromatic nitrogens is 2. The fourth-order valence-corrected chi connectivity index (χ4v) is 2.66. The number of fused-ring (bicyclic) bond motifs is 1. The van der Waals surface area contributed by atoms with Gasteiger partial charge in [0.2, 0.25) is 11.5 Å². The van der Waals surface area contributed by atoms with E-state index in [1.807, 2.05) is 0 Å². The van der Waals surface area contributed by atoms with Crippen molar-refractivity contribution < 1.29 is 15.1 Å². The molecule has 0 bridgehead atoms. The first-order chi connectivity index (χ1) is 9.61. The van der Waals surface area contributed by atoms with Crippen LogP contribution in [-0.2, 0) is 0 Å². The second kappa shape index (κ2) is 4.73. The van der Waals surface area contributed by atoms with Crippen molar-refractivity contribution in [2.45, 2.75) is 18.6 Å². The van der Waals surface area contributed by atoms with Crippen LogP contribution in [-0.4, -0.2) is 49.8 Å². The summed E-state index contributed by atoms with van der Waals surface area (Å²) in [5, 5.41) is 30.4. The number of nitrogens with zero attached hydrogens (tertiary/aromatic N) is 4. The molecule has 0 aromatic carbocycles. The van der Waals surface area contributed by atoms with Gasteiger partial charge in [0, 0.05) is 12.6 Å². The van der Waals surface area contributed by atoms with Gasteiger partial charge in [0.15, 0.2) is 0 Å². The van der Waals surface area contributed by atoms with Crippen LogP contribution < -0.4 is 4.90 Å². The van der Waals surface area contributed by atoms with Gasteiger partial charge in [0.05, 0.1) is 24.9 Å². The number of anilines is 1. The van der Waals surface area contributed by atoms with Crippen LogP contribution in [0.1, 0.15) is 6.42 Å². The van der Waals surface area contributed by atoms with Crippen molar-refractivity contribution in [3.8, 4) is 0 Å². The molecule has 106 valence electrons. The number of pyridine rings is 1. The minimum atomic E-state index is -0.614. The Kier molecular flexibility index (Phi) is 3.03. The summed E-state index contributed by atoms with van der Waals surface area (Å²) in [5.41, 5.74) is 0.465. The lowest BCUT2D eigenvalue weighted by Crippen LogP contribution is -2.33. The normalized spacial score (nSPS) is 22.6. The molecule has 0 aliphatic carbocycles. The van der Waals surface area contributed by atoms with Gasteiger partial charge in [-0.3, -0.25) is 0 Å². The lowest BCUT2D eigenvalue weighted by atomic mass is 10.2. The molecule has 0 saturated carbocycles. The highest BCUT2D eigenvalue weighted by Crippen LogP contribution is 2.33. The molecule has 0 radical (unpaired) electrons. The third kappa shape index (κ3) is 1.89. The van der Waals surface area contributed by atoms with Gasteiger partial charge < -0.3 is 25.2 Å². The van der Waals surface area contributed by atoms with Crippen LogP contribution >= 0.6 is 0 Å². The Labute approximate surface area is 114 Å². The molecule has 1 fully saturated rings. The van der Waals surface area contributed by atoms with E-state index in [0.29, 0.717) is 12.1 Å². The Balaban J connectivity index is 2.15. The maximum absolute atomic E-state index is 11.3. The van der Waals surface area contributed by atoms with Gasteiger partial charge in [-0.05, 0) is 17.4 Å². The summed E-state index contributed by atoms with van der Waals surface area (Å²) in [6.45, 7) is 0.0536. The van der Waals surface area contributed by atoms with Crippen molar-refractivity contribution in [1.82, 2.24) is 9.38 Å². The average molecular weight is 278 g/mol. The van der Waals surface area contributed by atoms with Crippen LogP contribution in [0.15, 0.2) is 24.4 Å². The second-order valence-electron chi connectivity index (χ2n) is 4.82. The van der Waals surface area contributed by atoms with E-state index in [0.717, 1.165) is 0 Å². The molecule has 3 rings (SSSR count). The van der Waals surface area contributed by atoms with Crippen LogP contribution in [0.5, 0.6) is 0 Å². The number of hydrogen-bond acceptors (Lipinski definition) is 6. The highest BCUT2D eigenvalue weighted by Gasteiger charge is 2.37. The van der Waals surface area contributed by atoms with E-state index < -0.39 is 11.0 Å². The largest absolute Gasteiger partial charge is 0.394 e. The third-order valence-electron chi connectivity index (χ3n) is 3.54. The van der Waals surface area contributed by atoms with Crippen LogP contribution in [0.3, 0.4) is 0 Å². The number of rotatable bonds is 3. The minimum Gasteiger partial charge on any atom is -0.394 e. The van der Waals surface area contributed by atoms with Gasteiger partial charge in [-0.2, -0.15) is 9.38 Å². The van der Waals surface area contributed by atoms with Gasteiger partial charge in [-0.25, -0.2) is 0 Å². The predicted molar refractivity (Wildman–Crippen MR) is 70.7 cm³/mol. The summed E-state index contributed by atoms with van der Waals surface area (Å²) >= 11 is 0. The van der Waals surface area contributed by atoms with Crippen molar-refractivity contribution in [1.29, 1.82) is 0 Å². The van der Waals surface area contributed by atoms with Gasteiger partial charge in [0.25, 0.3) is 0 Å². The Morgan fingerprint density at radius 3 is 3.00 bits per heavy atom. The number of hydrogen-bond donors (Lipinski definition) is 2. The summed E-state index contributed by atoms with van der Waals surface area (Å²) in [7, 11) is 0.